The lowest BCUT2D eigenvalue weighted by molar-refractivity contribution is 0.592. The Morgan fingerprint density at radius 2 is 1.71 bits per heavy atom. The lowest BCUT2D eigenvalue weighted by atomic mass is 9.98. The van der Waals surface area contributed by atoms with E-state index in [4.69, 9.17) is 23.2 Å². The number of hydrogen-bond donors (Lipinski definition) is 1. The maximum absolute atomic E-state index is 6.27. The molecule has 0 aromatic heterocycles. The summed E-state index contributed by atoms with van der Waals surface area (Å²) in [6.07, 6.45) is 0.827. The average molecular weight is 323 g/mol. The molecular formula is C17H20Cl2N2. The molecule has 0 aliphatic rings. The van der Waals surface area contributed by atoms with Gasteiger partial charge in [0.25, 0.3) is 0 Å². The van der Waals surface area contributed by atoms with Crippen LogP contribution in [0, 0.1) is 0 Å². The predicted molar refractivity (Wildman–Crippen MR) is 92.7 cm³/mol. The lowest BCUT2D eigenvalue weighted by Gasteiger charge is -2.19. The van der Waals surface area contributed by atoms with E-state index in [9.17, 15) is 0 Å². The summed E-state index contributed by atoms with van der Waals surface area (Å²) >= 11 is 12.2. The molecular weight excluding hydrogens is 303 g/mol. The summed E-state index contributed by atoms with van der Waals surface area (Å²) in [5.74, 6) is 0. The Labute approximate surface area is 136 Å². The number of anilines is 1. The lowest BCUT2D eigenvalue weighted by Crippen LogP contribution is -2.19. The van der Waals surface area contributed by atoms with Crippen LogP contribution in [0.25, 0.3) is 0 Å². The Hall–Kier alpha value is -1.22. The molecule has 0 aliphatic heterocycles. The van der Waals surface area contributed by atoms with Crippen molar-refractivity contribution in [3.8, 4) is 0 Å². The molecule has 0 heterocycles. The number of benzene rings is 2. The van der Waals surface area contributed by atoms with Gasteiger partial charge in [-0.15, -0.1) is 0 Å². The Morgan fingerprint density at radius 3 is 2.24 bits per heavy atom. The topological polar surface area (TPSA) is 15.3 Å². The van der Waals surface area contributed by atoms with Gasteiger partial charge in [0, 0.05) is 35.9 Å². The van der Waals surface area contributed by atoms with E-state index < -0.39 is 0 Å². The third-order valence-corrected chi connectivity index (χ3v) is 4.19. The van der Waals surface area contributed by atoms with E-state index in [1.165, 1.54) is 11.3 Å². The normalized spacial score (nSPS) is 12.2. The van der Waals surface area contributed by atoms with Gasteiger partial charge in [0.1, 0.15) is 0 Å². The third kappa shape index (κ3) is 4.13. The molecule has 21 heavy (non-hydrogen) atoms. The van der Waals surface area contributed by atoms with Crippen molar-refractivity contribution in [3.63, 3.8) is 0 Å². The van der Waals surface area contributed by atoms with Gasteiger partial charge in [-0.05, 0) is 48.9 Å². The molecule has 0 aliphatic carbocycles. The molecule has 1 unspecified atom stereocenters. The number of hydrogen-bond acceptors (Lipinski definition) is 2. The van der Waals surface area contributed by atoms with Gasteiger partial charge >= 0.3 is 0 Å². The van der Waals surface area contributed by atoms with Crippen LogP contribution in [0.2, 0.25) is 10.0 Å². The highest BCUT2D eigenvalue weighted by atomic mass is 35.5. The minimum Gasteiger partial charge on any atom is -0.378 e. The predicted octanol–water partition coefficient (Wildman–Crippen LogP) is 4.56. The van der Waals surface area contributed by atoms with Crippen LogP contribution in [-0.4, -0.2) is 21.1 Å². The number of halogens is 2. The van der Waals surface area contributed by atoms with Crippen LogP contribution in [0.15, 0.2) is 42.5 Å². The highest BCUT2D eigenvalue weighted by Crippen LogP contribution is 2.27. The fourth-order valence-electron chi connectivity index (χ4n) is 2.30. The van der Waals surface area contributed by atoms with Crippen molar-refractivity contribution >= 4 is 28.9 Å². The van der Waals surface area contributed by atoms with Gasteiger partial charge in [-0.2, -0.15) is 0 Å². The quantitative estimate of drug-likeness (QED) is 0.867. The van der Waals surface area contributed by atoms with Crippen molar-refractivity contribution in [1.29, 1.82) is 0 Å². The SMILES string of the molecule is CNC(Cc1ccc(Cl)cc1Cl)c1ccc(N(C)C)cc1. The van der Waals surface area contributed by atoms with Gasteiger partial charge in [-0.1, -0.05) is 41.4 Å². The molecule has 2 nitrogen and oxygen atoms in total. The van der Waals surface area contributed by atoms with E-state index in [0.717, 1.165) is 12.0 Å². The van der Waals surface area contributed by atoms with Crippen molar-refractivity contribution < 1.29 is 0 Å². The zero-order valence-electron chi connectivity index (χ0n) is 12.5. The van der Waals surface area contributed by atoms with Crippen molar-refractivity contribution in [1.82, 2.24) is 5.32 Å². The molecule has 0 saturated carbocycles. The number of likely N-dealkylation sites (N-methyl/N-ethyl adjacent to an activating group) is 1. The van der Waals surface area contributed by atoms with Crippen molar-refractivity contribution in [2.45, 2.75) is 12.5 Å². The van der Waals surface area contributed by atoms with Crippen molar-refractivity contribution in [2.75, 3.05) is 26.0 Å². The smallest absolute Gasteiger partial charge is 0.0453 e. The standard InChI is InChI=1S/C17H20Cl2N2/c1-20-17(10-13-4-7-14(18)11-16(13)19)12-5-8-15(9-6-12)21(2)3/h4-9,11,17,20H,10H2,1-3H3. The molecule has 0 amide bonds. The summed E-state index contributed by atoms with van der Waals surface area (Å²) < 4.78 is 0. The monoisotopic (exact) mass is 322 g/mol. The van der Waals surface area contributed by atoms with Crippen molar-refractivity contribution in [2.24, 2.45) is 0 Å². The minimum atomic E-state index is 0.222. The highest BCUT2D eigenvalue weighted by molar-refractivity contribution is 6.35. The van der Waals surface area contributed by atoms with Gasteiger partial charge in [0.2, 0.25) is 0 Å². The molecule has 0 fully saturated rings. The molecule has 2 rings (SSSR count). The Kier molecular flexibility index (Phi) is 5.51. The van der Waals surface area contributed by atoms with Gasteiger partial charge < -0.3 is 10.2 Å². The van der Waals surface area contributed by atoms with E-state index in [1.54, 1.807) is 6.07 Å². The van der Waals surface area contributed by atoms with Crippen LogP contribution < -0.4 is 10.2 Å². The third-order valence-electron chi connectivity index (χ3n) is 3.60. The molecule has 112 valence electrons. The summed E-state index contributed by atoms with van der Waals surface area (Å²) in [6, 6.07) is 14.4. The average Bonchev–Trinajstić information content (AvgIpc) is 2.47. The zero-order chi connectivity index (χ0) is 15.4. The summed E-state index contributed by atoms with van der Waals surface area (Å²) in [5.41, 5.74) is 3.53. The summed E-state index contributed by atoms with van der Waals surface area (Å²) in [7, 11) is 6.05. The van der Waals surface area contributed by atoms with E-state index in [0.29, 0.717) is 10.0 Å². The number of nitrogens with one attached hydrogen (secondary N) is 1. The molecule has 0 radical (unpaired) electrons. The molecule has 2 aromatic rings. The zero-order valence-corrected chi connectivity index (χ0v) is 14.0. The van der Waals surface area contributed by atoms with E-state index in [2.05, 4.69) is 34.5 Å². The van der Waals surface area contributed by atoms with E-state index in [-0.39, 0.29) is 6.04 Å². The van der Waals surface area contributed by atoms with E-state index in [1.807, 2.05) is 33.3 Å². The molecule has 1 atom stereocenters. The molecule has 4 heteroatoms. The maximum atomic E-state index is 6.27. The van der Waals surface area contributed by atoms with Crippen LogP contribution in [0.4, 0.5) is 5.69 Å². The first-order chi connectivity index (χ1) is 10.0. The first kappa shape index (κ1) is 16.2. The van der Waals surface area contributed by atoms with Crippen LogP contribution in [0.1, 0.15) is 17.2 Å². The van der Waals surface area contributed by atoms with Gasteiger partial charge in [0.05, 0.1) is 0 Å². The van der Waals surface area contributed by atoms with Gasteiger partial charge in [-0.25, -0.2) is 0 Å². The maximum Gasteiger partial charge on any atom is 0.0453 e. The molecule has 0 bridgehead atoms. The number of rotatable bonds is 5. The van der Waals surface area contributed by atoms with Crippen molar-refractivity contribution in [3.05, 3.63) is 63.6 Å². The molecule has 2 aromatic carbocycles. The Morgan fingerprint density at radius 1 is 1.05 bits per heavy atom. The fraction of sp³-hybridized carbons (Fsp3) is 0.294. The van der Waals surface area contributed by atoms with Gasteiger partial charge in [0.15, 0.2) is 0 Å². The molecule has 0 spiro atoms. The van der Waals surface area contributed by atoms with Crippen LogP contribution >= 0.6 is 23.2 Å². The van der Waals surface area contributed by atoms with Crippen LogP contribution in [0.3, 0.4) is 0 Å². The Bertz CT molecular complexity index is 594. The molecule has 0 saturated heterocycles. The second kappa shape index (κ2) is 7.17. The summed E-state index contributed by atoms with van der Waals surface area (Å²) in [5, 5.41) is 4.73. The number of nitrogens with zero attached hydrogens (tertiary/aromatic N) is 1. The second-order valence-electron chi connectivity index (χ2n) is 5.27. The summed E-state index contributed by atoms with van der Waals surface area (Å²) in [4.78, 5) is 2.09. The highest BCUT2D eigenvalue weighted by Gasteiger charge is 2.12. The Balaban J connectivity index is 2.19. The first-order valence-electron chi connectivity index (χ1n) is 6.89. The molecule has 1 N–H and O–H groups in total. The first-order valence-corrected chi connectivity index (χ1v) is 7.65. The van der Waals surface area contributed by atoms with Crippen LogP contribution in [0.5, 0.6) is 0 Å². The largest absolute Gasteiger partial charge is 0.378 e. The second-order valence-corrected chi connectivity index (χ2v) is 6.11. The summed E-state index contributed by atoms with van der Waals surface area (Å²) in [6.45, 7) is 0. The van der Waals surface area contributed by atoms with Crippen LogP contribution in [-0.2, 0) is 6.42 Å². The van der Waals surface area contributed by atoms with E-state index >= 15 is 0 Å². The fourth-order valence-corrected chi connectivity index (χ4v) is 2.78. The van der Waals surface area contributed by atoms with Gasteiger partial charge in [-0.3, -0.25) is 0 Å². The minimum absolute atomic E-state index is 0.222.